The Labute approximate surface area is 68.3 Å². The maximum atomic E-state index is 5.54. The number of aromatic nitrogens is 1. The number of rotatable bonds is 0. The van der Waals surface area contributed by atoms with Gasteiger partial charge in [0.05, 0.1) is 10.6 Å². The Bertz CT molecular complexity index is 324. The van der Waals surface area contributed by atoms with Crippen LogP contribution in [-0.2, 0) is 6.42 Å². The average Bonchev–Trinajstić information content (AvgIpc) is 2.17. The number of hydrogen-bond donors (Lipinski definition) is 1. The van der Waals surface area contributed by atoms with Gasteiger partial charge in [-0.15, -0.1) is 0 Å². The first-order chi connectivity index (χ1) is 5.36. The minimum atomic E-state index is 0.634. The molecular formula is C7H7N3S. The molecule has 0 spiro atoms. The van der Waals surface area contributed by atoms with Crippen LogP contribution in [0, 0.1) is 0 Å². The summed E-state index contributed by atoms with van der Waals surface area (Å²) in [4.78, 5) is 9.30. The van der Waals surface area contributed by atoms with Crippen LogP contribution >= 0.6 is 11.3 Å². The lowest BCUT2D eigenvalue weighted by molar-refractivity contribution is 1.21. The second kappa shape index (κ2) is 2.47. The lowest BCUT2D eigenvalue weighted by Gasteiger charge is -1.85. The van der Waals surface area contributed by atoms with Crippen molar-refractivity contribution < 1.29 is 0 Å². The van der Waals surface area contributed by atoms with Crippen LogP contribution in [0.5, 0.6) is 0 Å². The Kier molecular flexibility index (Phi) is 1.47. The molecule has 2 N–H and O–H groups in total. The first-order valence-corrected chi connectivity index (χ1v) is 4.11. The maximum Gasteiger partial charge on any atom is 0.180 e. The number of nitrogen functional groups attached to an aromatic ring is 1. The van der Waals surface area contributed by atoms with Gasteiger partial charge >= 0.3 is 0 Å². The molecule has 1 aliphatic heterocycles. The Balaban J connectivity index is 2.51. The van der Waals surface area contributed by atoms with Crippen molar-refractivity contribution in [2.45, 2.75) is 6.42 Å². The summed E-state index contributed by atoms with van der Waals surface area (Å²) in [6.45, 7) is 0. The van der Waals surface area contributed by atoms with Crippen molar-refractivity contribution >= 4 is 28.8 Å². The highest BCUT2D eigenvalue weighted by Gasteiger charge is 2.06. The van der Waals surface area contributed by atoms with Crippen molar-refractivity contribution in [2.24, 2.45) is 4.99 Å². The molecule has 56 valence electrons. The maximum absolute atomic E-state index is 5.54. The molecule has 4 heteroatoms. The van der Waals surface area contributed by atoms with Crippen molar-refractivity contribution in [1.29, 1.82) is 0 Å². The minimum absolute atomic E-state index is 0.634. The highest BCUT2D eigenvalue weighted by atomic mass is 32.1. The molecule has 1 aliphatic rings. The largest absolute Gasteiger partial charge is 0.375 e. The number of hydrogen-bond acceptors (Lipinski definition) is 4. The second-order valence-electron chi connectivity index (χ2n) is 2.21. The molecule has 0 saturated heterocycles. The molecule has 3 nitrogen and oxygen atoms in total. The van der Waals surface area contributed by atoms with E-state index in [9.17, 15) is 0 Å². The van der Waals surface area contributed by atoms with E-state index in [4.69, 9.17) is 5.73 Å². The summed E-state index contributed by atoms with van der Waals surface area (Å²) in [5, 5.41) is 0.634. The number of nitrogens with zero attached hydrogens (tertiary/aromatic N) is 2. The average molecular weight is 165 g/mol. The van der Waals surface area contributed by atoms with E-state index in [2.05, 4.69) is 9.98 Å². The van der Waals surface area contributed by atoms with Crippen LogP contribution in [0.3, 0.4) is 0 Å². The molecule has 2 rings (SSSR count). The van der Waals surface area contributed by atoms with Gasteiger partial charge in [-0.05, 0) is 6.08 Å². The van der Waals surface area contributed by atoms with E-state index < -0.39 is 0 Å². The molecule has 0 unspecified atom stereocenters. The van der Waals surface area contributed by atoms with Crippen molar-refractivity contribution in [3.63, 3.8) is 0 Å². The van der Waals surface area contributed by atoms with Gasteiger partial charge in [0.1, 0.15) is 0 Å². The topological polar surface area (TPSA) is 51.3 Å². The predicted molar refractivity (Wildman–Crippen MR) is 47.8 cm³/mol. The van der Waals surface area contributed by atoms with E-state index >= 15 is 0 Å². The molecule has 0 bridgehead atoms. The smallest absolute Gasteiger partial charge is 0.180 e. The summed E-state index contributed by atoms with van der Waals surface area (Å²) < 4.78 is 0. The zero-order chi connectivity index (χ0) is 7.68. The van der Waals surface area contributed by atoms with Crippen molar-refractivity contribution in [3.05, 3.63) is 16.8 Å². The zero-order valence-corrected chi connectivity index (χ0v) is 6.64. The van der Waals surface area contributed by atoms with E-state index in [-0.39, 0.29) is 0 Å². The van der Waals surface area contributed by atoms with Gasteiger partial charge in [0.15, 0.2) is 5.13 Å². The molecule has 0 radical (unpaired) electrons. The number of anilines is 1. The van der Waals surface area contributed by atoms with Crippen molar-refractivity contribution in [1.82, 2.24) is 4.98 Å². The molecule has 0 atom stereocenters. The fourth-order valence-electron chi connectivity index (χ4n) is 0.970. The summed E-state index contributed by atoms with van der Waals surface area (Å²) in [6, 6.07) is 0. The highest BCUT2D eigenvalue weighted by molar-refractivity contribution is 7.16. The fraction of sp³-hybridized carbons (Fsp3) is 0.143. The lowest BCUT2D eigenvalue weighted by Crippen LogP contribution is -1.88. The van der Waals surface area contributed by atoms with Gasteiger partial charge in [0.2, 0.25) is 0 Å². The predicted octanol–water partition coefficient (Wildman–Crippen LogP) is 1.32. The quantitative estimate of drug-likeness (QED) is 0.630. The summed E-state index contributed by atoms with van der Waals surface area (Å²) in [5.74, 6) is 0. The van der Waals surface area contributed by atoms with Crippen molar-refractivity contribution in [2.75, 3.05) is 5.73 Å². The SMILES string of the molecule is Nc1nc2c(s1)C=CN=CC2. The Morgan fingerprint density at radius 3 is 3.36 bits per heavy atom. The number of thiazole rings is 1. The van der Waals surface area contributed by atoms with E-state index in [0.29, 0.717) is 5.13 Å². The molecule has 11 heavy (non-hydrogen) atoms. The normalized spacial score (nSPS) is 14.5. The van der Waals surface area contributed by atoms with Crippen LogP contribution < -0.4 is 5.73 Å². The van der Waals surface area contributed by atoms with E-state index in [1.807, 2.05) is 12.3 Å². The van der Waals surface area contributed by atoms with Crippen LogP contribution in [0.2, 0.25) is 0 Å². The standard InChI is InChI=1S/C7H7N3S/c8-7-10-5-1-3-9-4-2-6(5)11-7/h2-4H,1H2,(H2,8,10). The van der Waals surface area contributed by atoms with Gasteiger partial charge in [0, 0.05) is 18.8 Å². The van der Waals surface area contributed by atoms with Crippen LogP contribution in [0.4, 0.5) is 5.13 Å². The van der Waals surface area contributed by atoms with Crippen LogP contribution in [-0.4, -0.2) is 11.2 Å². The van der Waals surface area contributed by atoms with Gasteiger partial charge in [-0.3, -0.25) is 4.99 Å². The van der Waals surface area contributed by atoms with E-state index in [0.717, 1.165) is 17.0 Å². The molecule has 0 fully saturated rings. The number of nitrogens with two attached hydrogens (primary N) is 1. The first-order valence-electron chi connectivity index (χ1n) is 3.29. The molecule has 2 heterocycles. The van der Waals surface area contributed by atoms with Gasteiger partial charge in [-0.1, -0.05) is 11.3 Å². The fourth-order valence-corrected chi connectivity index (χ4v) is 1.73. The van der Waals surface area contributed by atoms with E-state index in [1.54, 1.807) is 6.20 Å². The third-order valence-electron chi connectivity index (χ3n) is 1.45. The molecular weight excluding hydrogens is 158 g/mol. The Morgan fingerprint density at radius 2 is 2.45 bits per heavy atom. The highest BCUT2D eigenvalue weighted by Crippen LogP contribution is 2.22. The summed E-state index contributed by atoms with van der Waals surface area (Å²) in [7, 11) is 0. The molecule has 0 amide bonds. The summed E-state index contributed by atoms with van der Waals surface area (Å²) >= 11 is 1.50. The van der Waals surface area contributed by atoms with Gasteiger partial charge in [-0.2, -0.15) is 0 Å². The van der Waals surface area contributed by atoms with Crippen LogP contribution in [0.25, 0.3) is 6.08 Å². The lowest BCUT2D eigenvalue weighted by atomic mass is 10.3. The monoisotopic (exact) mass is 165 g/mol. The Morgan fingerprint density at radius 1 is 1.55 bits per heavy atom. The number of fused-ring (bicyclic) bond motifs is 1. The minimum Gasteiger partial charge on any atom is -0.375 e. The molecule has 0 aliphatic carbocycles. The first kappa shape index (κ1) is 6.54. The second-order valence-corrected chi connectivity index (χ2v) is 3.28. The van der Waals surface area contributed by atoms with Crippen LogP contribution in [0.15, 0.2) is 11.2 Å². The summed E-state index contributed by atoms with van der Waals surface area (Å²) in [6.07, 6.45) is 6.33. The Hall–Kier alpha value is -1.16. The summed E-state index contributed by atoms with van der Waals surface area (Å²) in [5.41, 5.74) is 6.57. The van der Waals surface area contributed by atoms with E-state index in [1.165, 1.54) is 11.3 Å². The molecule has 0 aromatic carbocycles. The third kappa shape index (κ3) is 1.17. The third-order valence-corrected chi connectivity index (χ3v) is 2.34. The van der Waals surface area contributed by atoms with Gasteiger partial charge < -0.3 is 5.73 Å². The van der Waals surface area contributed by atoms with Gasteiger partial charge in [0.25, 0.3) is 0 Å². The van der Waals surface area contributed by atoms with Gasteiger partial charge in [-0.25, -0.2) is 4.98 Å². The molecule has 1 aromatic heterocycles. The van der Waals surface area contributed by atoms with Crippen LogP contribution in [0.1, 0.15) is 10.6 Å². The molecule has 0 saturated carbocycles. The molecule has 1 aromatic rings. The number of aliphatic imine (C=N–C) groups is 1. The van der Waals surface area contributed by atoms with Crippen molar-refractivity contribution in [3.8, 4) is 0 Å². The zero-order valence-electron chi connectivity index (χ0n) is 5.82.